The molecule has 0 spiro atoms. The molecule has 1 atom stereocenters. The van der Waals surface area contributed by atoms with Crippen LogP contribution >= 0.6 is 0 Å². The van der Waals surface area contributed by atoms with E-state index in [-0.39, 0.29) is 5.91 Å². The van der Waals surface area contributed by atoms with Crippen molar-refractivity contribution in [3.8, 4) is 17.2 Å². The first kappa shape index (κ1) is 16.7. The van der Waals surface area contributed by atoms with Gasteiger partial charge in [-0.15, -0.1) is 0 Å². The van der Waals surface area contributed by atoms with E-state index in [9.17, 15) is 4.79 Å². The molecule has 2 aromatic rings. The number of nitrogens with one attached hydrogen (secondary N) is 1. The Labute approximate surface area is 136 Å². The van der Waals surface area contributed by atoms with E-state index < -0.39 is 6.10 Å². The molecule has 0 fully saturated rings. The SMILES string of the molecule is CCOc1ccccc1O[C@H](C)C(=O)Nc1ccc(OC)cc1. The van der Waals surface area contributed by atoms with Gasteiger partial charge in [0.25, 0.3) is 5.91 Å². The molecule has 5 nitrogen and oxygen atoms in total. The molecule has 0 aliphatic rings. The minimum absolute atomic E-state index is 0.235. The molecule has 1 amide bonds. The molecule has 0 aliphatic heterocycles. The molecule has 0 aromatic heterocycles. The van der Waals surface area contributed by atoms with Gasteiger partial charge >= 0.3 is 0 Å². The summed E-state index contributed by atoms with van der Waals surface area (Å²) in [6, 6.07) is 14.4. The molecular weight excluding hydrogens is 294 g/mol. The zero-order chi connectivity index (χ0) is 16.7. The van der Waals surface area contributed by atoms with E-state index in [2.05, 4.69) is 5.32 Å². The fourth-order valence-electron chi connectivity index (χ4n) is 1.98. The second-order valence-corrected chi connectivity index (χ2v) is 4.86. The van der Waals surface area contributed by atoms with E-state index in [1.165, 1.54) is 0 Å². The van der Waals surface area contributed by atoms with Crippen LogP contribution in [0.15, 0.2) is 48.5 Å². The molecule has 0 radical (unpaired) electrons. The maximum absolute atomic E-state index is 12.2. The van der Waals surface area contributed by atoms with Gasteiger partial charge < -0.3 is 19.5 Å². The van der Waals surface area contributed by atoms with Gasteiger partial charge in [0.15, 0.2) is 17.6 Å². The minimum Gasteiger partial charge on any atom is -0.497 e. The molecule has 122 valence electrons. The fraction of sp³-hybridized carbons (Fsp3) is 0.278. The average Bonchev–Trinajstić information content (AvgIpc) is 2.57. The largest absolute Gasteiger partial charge is 0.497 e. The van der Waals surface area contributed by atoms with Crippen LogP contribution in [0.1, 0.15) is 13.8 Å². The number of hydrogen-bond donors (Lipinski definition) is 1. The number of hydrogen-bond acceptors (Lipinski definition) is 4. The summed E-state index contributed by atoms with van der Waals surface area (Å²) in [6.07, 6.45) is -0.654. The van der Waals surface area contributed by atoms with Crippen molar-refractivity contribution >= 4 is 11.6 Å². The molecule has 5 heteroatoms. The molecule has 23 heavy (non-hydrogen) atoms. The van der Waals surface area contributed by atoms with Crippen LogP contribution in [0, 0.1) is 0 Å². The Kier molecular flexibility index (Phi) is 5.86. The van der Waals surface area contributed by atoms with Gasteiger partial charge in [-0.1, -0.05) is 12.1 Å². The summed E-state index contributed by atoms with van der Waals surface area (Å²) in [5.41, 5.74) is 0.685. The summed E-state index contributed by atoms with van der Waals surface area (Å²) in [4.78, 5) is 12.2. The van der Waals surface area contributed by atoms with Gasteiger partial charge in [0.05, 0.1) is 13.7 Å². The second-order valence-electron chi connectivity index (χ2n) is 4.86. The highest BCUT2D eigenvalue weighted by Crippen LogP contribution is 2.27. The smallest absolute Gasteiger partial charge is 0.265 e. The Morgan fingerprint density at radius 3 is 2.35 bits per heavy atom. The predicted molar refractivity (Wildman–Crippen MR) is 89.3 cm³/mol. The highest BCUT2D eigenvalue weighted by Gasteiger charge is 2.17. The summed E-state index contributed by atoms with van der Waals surface area (Å²) in [5.74, 6) is 1.67. The van der Waals surface area contributed by atoms with E-state index in [4.69, 9.17) is 14.2 Å². The number of para-hydroxylation sites is 2. The Hall–Kier alpha value is -2.69. The molecular formula is C18H21NO4. The van der Waals surface area contributed by atoms with Crippen molar-refractivity contribution in [2.45, 2.75) is 20.0 Å². The van der Waals surface area contributed by atoms with Gasteiger partial charge in [-0.2, -0.15) is 0 Å². The topological polar surface area (TPSA) is 56.8 Å². The number of rotatable bonds is 7. The maximum Gasteiger partial charge on any atom is 0.265 e. The highest BCUT2D eigenvalue weighted by atomic mass is 16.5. The zero-order valence-corrected chi connectivity index (χ0v) is 13.5. The molecule has 2 aromatic carbocycles. The second kappa shape index (κ2) is 8.08. The number of benzene rings is 2. The van der Waals surface area contributed by atoms with Crippen LogP contribution in [-0.4, -0.2) is 25.7 Å². The fourth-order valence-corrected chi connectivity index (χ4v) is 1.98. The maximum atomic E-state index is 12.2. The number of carbonyl (C=O) groups is 1. The molecule has 0 aliphatic carbocycles. The van der Waals surface area contributed by atoms with Gasteiger partial charge in [-0.25, -0.2) is 0 Å². The van der Waals surface area contributed by atoms with Crippen molar-refractivity contribution < 1.29 is 19.0 Å². The quantitative estimate of drug-likeness (QED) is 0.849. The molecule has 0 saturated heterocycles. The number of methoxy groups -OCH3 is 1. The third-order valence-corrected chi connectivity index (χ3v) is 3.18. The number of ether oxygens (including phenoxy) is 3. The van der Waals surface area contributed by atoms with Crippen molar-refractivity contribution in [3.05, 3.63) is 48.5 Å². The van der Waals surface area contributed by atoms with Crippen LogP contribution in [0.4, 0.5) is 5.69 Å². The lowest BCUT2D eigenvalue weighted by atomic mass is 10.2. The Bertz CT molecular complexity index is 640. The first-order valence-corrected chi connectivity index (χ1v) is 7.47. The van der Waals surface area contributed by atoms with Crippen molar-refractivity contribution in [1.82, 2.24) is 0 Å². The third kappa shape index (κ3) is 4.64. The van der Waals surface area contributed by atoms with E-state index in [1.54, 1.807) is 44.4 Å². The highest BCUT2D eigenvalue weighted by molar-refractivity contribution is 5.94. The Balaban J connectivity index is 1.99. The third-order valence-electron chi connectivity index (χ3n) is 3.18. The van der Waals surface area contributed by atoms with Gasteiger partial charge in [0.1, 0.15) is 5.75 Å². The van der Waals surface area contributed by atoms with E-state index in [0.717, 1.165) is 5.75 Å². The molecule has 0 saturated carbocycles. The first-order chi connectivity index (χ1) is 11.1. The molecule has 2 rings (SSSR count). The van der Waals surface area contributed by atoms with Crippen LogP contribution in [0.5, 0.6) is 17.2 Å². The minimum atomic E-state index is -0.654. The van der Waals surface area contributed by atoms with Crippen molar-refractivity contribution in [1.29, 1.82) is 0 Å². The lowest BCUT2D eigenvalue weighted by Crippen LogP contribution is -2.30. The average molecular weight is 315 g/mol. The van der Waals surface area contributed by atoms with Crippen molar-refractivity contribution in [2.24, 2.45) is 0 Å². The van der Waals surface area contributed by atoms with E-state index in [1.807, 2.05) is 25.1 Å². The summed E-state index contributed by atoms with van der Waals surface area (Å²) < 4.78 is 16.3. The predicted octanol–water partition coefficient (Wildman–Crippen LogP) is 3.50. The van der Waals surface area contributed by atoms with Crippen LogP contribution in [-0.2, 0) is 4.79 Å². The van der Waals surface area contributed by atoms with Gasteiger partial charge in [-0.3, -0.25) is 4.79 Å². The van der Waals surface area contributed by atoms with E-state index >= 15 is 0 Å². The molecule has 0 bridgehead atoms. The zero-order valence-electron chi connectivity index (χ0n) is 13.5. The molecule has 1 N–H and O–H groups in total. The Morgan fingerprint density at radius 1 is 1.09 bits per heavy atom. The van der Waals surface area contributed by atoms with Crippen LogP contribution in [0.2, 0.25) is 0 Å². The lowest BCUT2D eigenvalue weighted by Gasteiger charge is -2.17. The standard InChI is InChI=1S/C18H21NO4/c1-4-22-16-7-5-6-8-17(16)23-13(2)18(20)19-14-9-11-15(21-3)12-10-14/h5-13H,4H2,1-3H3,(H,19,20)/t13-/m1/s1. The first-order valence-electron chi connectivity index (χ1n) is 7.47. The molecule has 0 unspecified atom stereocenters. The Morgan fingerprint density at radius 2 is 1.74 bits per heavy atom. The van der Waals surface area contributed by atoms with Gasteiger partial charge in [0.2, 0.25) is 0 Å². The van der Waals surface area contributed by atoms with Gasteiger partial charge in [-0.05, 0) is 50.2 Å². The van der Waals surface area contributed by atoms with Crippen molar-refractivity contribution in [3.63, 3.8) is 0 Å². The normalized spacial score (nSPS) is 11.4. The van der Waals surface area contributed by atoms with Crippen LogP contribution in [0.25, 0.3) is 0 Å². The number of anilines is 1. The lowest BCUT2D eigenvalue weighted by molar-refractivity contribution is -0.122. The van der Waals surface area contributed by atoms with Crippen molar-refractivity contribution in [2.75, 3.05) is 19.0 Å². The van der Waals surface area contributed by atoms with Gasteiger partial charge in [0, 0.05) is 5.69 Å². The van der Waals surface area contributed by atoms with Crippen LogP contribution < -0.4 is 19.5 Å². The number of amides is 1. The summed E-state index contributed by atoms with van der Waals surface area (Å²) >= 11 is 0. The summed E-state index contributed by atoms with van der Waals surface area (Å²) in [6.45, 7) is 4.13. The number of carbonyl (C=O) groups excluding carboxylic acids is 1. The summed E-state index contributed by atoms with van der Waals surface area (Å²) in [5, 5.41) is 2.80. The van der Waals surface area contributed by atoms with E-state index in [0.29, 0.717) is 23.8 Å². The monoisotopic (exact) mass is 315 g/mol. The van der Waals surface area contributed by atoms with Crippen LogP contribution in [0.3, 0.4) is 0 Å². The molecule has 0 heterocycles. The summed E-state index contributed by atoms with van der Waals surface area (Å²) in [7, 11) is 1.60.